The van der Waals surface area contributed by atoms with Gasteiger partial charge >= 0.3 is 0 Å². The second-order valence-electron chi connectivity index (χ2n) is 7.99. The first kappa shape index (κ1) is 21.2. The minimum Gasteiger partial charge on any atom is -0.390 e. The van der Waals surface area contributed by atoms with Crippen molar-refractivity contribution >= 4 is 23.1 Å². The molecule has 2 aliphatic rings. The summed E-state index contributed by atoms with van der Waals surface area (Å²) in [5.74, 6) is -5.42. The summed E-state index contributed by atoms with van der Waals surface area (Å²) in [6.07, 6.45) is 2.28. The maximum absolute atomic E-state index is 13.5. The van der Waals surface area contributed by atoms with Gasteiger partial charge < -0.3 is 15.4 Å². The zero-order chi connectivity index (χ0) is 22.3. The van der Waals surface area contributed by atoms with Crippen LogP contribution in [0.5, 0.6) is 0 Å². The van der Waals surface area contributed by atoms with Gasteiger partial charge in [0.2, 0.25) is 5.91 Å². The Labute approximate surface area is 176 Å². The number of carbonyl (C=O) groups is 2. The number of Topliss-reactive ketones (excluding diaryl/α,β-unsaturated/α-hetero) is 1. The Morgan fingerprint density at radius 1 is 1.19 bits per heavy atom. The fourth-order valence-corrected chi connectivity index (χ4v) is 4.28. The van der Waals surface area contributed by atoms with Crippen LogP contribution >= 0.6 is 0 Å². The second kappa shape index (κ2) is 8.26. The number of rotatable bonds is 6. The third kappa shape index (κ3) is 3.99. The van der Waals surface area contributed by atoms with Crippen molar-refractivity contribution in [2.75, 3.05) is 18.1 Å². The van der Waals surface area contributed by atoms with Crippen molar-refractivity contribution in [3.63, 3.8) is 0 Å². The highest BCUT2D eigenvalue weighted by molar-refractivity contribution is 6.02. The molecule has 1 aromatic heterocycles. The van der Waals surface area contributed by atoms with Crippen LogP contribution in [0.3, 0.4) is 0 Å². The van der Waals surface area contributed by atoms with Crippen LogP contribution in [0, 0.1) is 34.7 Å². The molecule has 0 aliphatic carbocycles. The zero-order valence-electron chi connectivity index (χ0n) is 16.6. The van der Waals surface area contributed by atoms with E-state index in [1.165, 1.54) is 4.90 Å². The van der Waals surface area contributed by atoms with E-state index in [9.17, 15) is 27.9 Å². The van der Waals surface area contributed by atoms with Crippen molar-refractivity contribution in [2.24, 2.45) is 11.8 Å². The van der Waals surface area contributed by atoms with Gasteiger partial charge in [-0.3, -0.25) is 14.3 Å². The lowest BCUT2D eigenvalue weighted by atomic mass is 9.88. The molecule has 0 bridgehead atoms. The Hall–Kier alpha value is -3.01. The number of ketones is 1. The van der Waals surface area contributed by atoms with Gasteiger partial charge in [-0.25, -0.2) is 13.2 Å². The first-order valence-electron chi connectivity index (χ1n) is 9.97. The largest absolute Gasteiger partial charge is 0.390 e. The molecule has 1 saturated heterocycles. The molecule has 0 spiro atoms. The Balaban J connectivity index is 1.50. The lowest BCUT2D eigenvalue weighted by molar-refractivity contribution is -0.122. The first-order valence-corrected chi connectivity index (χ1v) is 9.97. The molecule has 0 saturated carbocycles. The number of aromatic nitrogens is 2. The summed E-state index contributed by atoms with van der Waals surface area (Å²) in [7, 11) is 0. The van der Waals surface area contributed by atoms with Crippen molar-refractivity contribution in [2.45, 2.75) is 32.2 Å². The Bertz CT molecular complexity index is 1050. The van der Waals surface area contributed by atoms with Gasteiger partial charge in [0.05, 0.1) is 24.2 Å². The topological polar surface area (TPSA) is 99.3 Å². The maximum Gasteiger partial charge on any atom is 0.227 e. The number of aryl methyl sites for hydroxylation is 1. The fraction of sp³-hybridized carbons (Fsp3) is 0.429. The number of hydrogen-bond donors (Lipinski definition) is 2. The Kier molecular flexibility index (Phi) is 5.65. The summed E-state index contributed by atoms with van der Waals surface area (Å²) < 4.78 is 41.8. The van der Waals surface area contributed by atoms with E-state index < -0.39 is 30.0 Å². The van der Waals surface area contributed by atoms with Gasteiger partial charge in [-0.1, -0.05) is 0 Å². The van der Waals surface area contributed by atoms with E-state index in [1.807, 2.05) is 0 Å². The predicted molar refractivity (Wildman–Crippen MR) is 104 cm³/mol. The minimum absolute atomic E-state index is 0.0702. The number of carbonyl (C=O) groups excluding carboxylic acids is 2. The smallest absolute Gasteiger partial charge is 0.227 e. The van der Waals surface area contributed by atoms with E-state index >= 15 is 0 Å². The molecule has 1 fully saturated rings. The molecule has 2 unspecified atom stereocenters. The molecule has 2 N–H and O–H groups in total. The van der Waals surface area contributed by atoms with Crippen LogP contribution in [-0.2, 0) is 29.0 Å². The molecule has 2 atom stereocenters. The van der Waals surface area contributed by atoms with Gasteiger partial charge in [0, 0.05) is 49.9 Å². The van der Waals surface area contributed by atoms with Gasteiger partial charge in [-0.2, -0.15) is 5.10 Å². The van der Waals surface area contributed by atoms with E-state index in [0.29, 0.717) is 30.8 Å². The SMILES string of the molecule is N=C(CO)C1CC(=O)N(c2cnn3c2CC(C(=O)Cc2cc(F)c(F)c(F)c2)CC3)C1. The van der Waals surface area contributed by atoms with Gasteiger partial charge in [0.1, 0.15) is 5.78 Å². The van der Waals surface area contributed by atoms with Gasteiger partial charge in [0.25, 0.3) is 0 Å². The number of aliphatic hydroxyl groups excluding tert-OH is 1. The van der Waals surface area contributed by atoms with E-state index in [0.717, 1.165) is 12.1 Å². The van der Waals surface area contributed by atoms with Crippen LogP contribution < -0.4 is 4.90 Å². The number of benzene rings is 1. The lowest BCUT2D eigenvalue weighted by Crippen LogP contribution is -2.31. The van der Waals surface area contributed by atoms with E-state index in [4.69, 9.17) is 5.41 Å². The second-order valence-corrected chi connectivity index (χ2v) is 7.99. The first-order chi connectivity index (χ1) is 14.8. The molecule has 2 aromatic rings. The third-order valence-corrected chi connectivity index (χ3v) is 6.01. The minimum atomic E-state index is -1.56. The van der Waals surface area contributed by atoms with Crippen LogP contribution in [0.1, 0.15) is 24.1 Å². The molecule has 7 nitrogen and oxygen atoms in total. The van der Waals surface area contributed by atoms with E-state index in [1.54, 1.807) is 10.9 Å². The highest BCUT2D eigenvalue weighted by Crippen LogP contribution is 2.33. The molecule has 0 radical (unpaired) electrons. The number of fused-ring (bicyclic) bond motifs is 1. The van der Waals surface area contributed by atoms with Crippen LogP contribution in [0.2, 0.25) is 0 Å². The quantitative estimate of drug-likeness (QED) is 0.537. The van der Waals surface area contributed by atoms with Crippen LogP contribution in [0.25, 0.3) is 0 Å². The predicted octanol–water partition coefficient (Wildman–Crippen LogP) is 2.04. The van der Waals surface area contributed by atoms with Crippen molar-refractivity contribution in [3.05, 3.63) is 47.0 Å². The molecule has 2 aliphatic heterocycles. The molecular weight excluding hydrogens is 413 g/mol. The number of nitrogens with zero attached hydrogens (tertiary/aromatic N) is 3. The van der Waals surface area contributed by atoms with Crippen molar-refractivity contribution in [1.29, 1.82) is 5.41 Å². The van der Waals surface area contributed by atoms with Crippen molar-refractivity contribution < 1.29 is 27.9 Å². The van der Waals surface area contributed by atoms with Crippen LogP contribution in [0.4, 0.5) is 18.9 Å². The Morgan fingerprint density at radius 3 is 2.58 bits per heavy atom. The molecular formula is C21H21F3N4O3. The summed E-state index contributed by atoms with van der Waals surface area (Å²) >= 11 is 0. The molecule has 10 heteroatoms. The van der Waals surface area contributed by atoms with Crippen molar-refractivity contribution in [3.8, 4) is 0 Å². The molecule has 164 valence electrons. The summed E-state index contributed by atoms with van der Waals surface area (Å²) in [5, 5.41) is 21.3. The van der Waals surface area contributed by atoms with E-state index in [2.05, 4.69) is 5.10 Å². The molecule has 1 aromatic carbocycles. The van der Waals surface area contributed by atoms with Gasteiger partial charge in [-0.15, -0.1) is 0 Å². The average Bonchev–Trinajstić information content (AvgIpc) is 3.33. The van der Waals surface area contributed by atoms with Crippen molar-refractivity contribution in [1.82, 2.24) is 9.78 Å². The van der Waals surface area contributed by atoms with E-state index in [-0.39, 0.29) is 48.3 Å². The van der Waals surface area contributed by atoms with Gasteiger partial charge in [0.15, 0.2) is 17.5 Å². The monoisotopic (exact) mass is 434 g/mol. The van der Waals surface area contributed by atoms with Gasteiger partial charge in [-0.05, 0) is 24.1 Å². The fourth-order valence-electron chi connectivity index (χ4n) is 4.28. The number of amides is 1. The number of anilines is 1. The van der Waals surface area contributed by atoms with Crippen LogP contribution in [-0.4, -0.2) is 45.4 Å². The molecule has 3 heterocycles. The highest BCUT2D eigenvalue weighted by Gasteiger charge is 2.37. The standard InChI is InChI=1S/C21H21F3N4O3/c22-14-3-11(4-15(23)21(14)24)5-19(30)12-1-2-28-17(6-12)18(8-26-28)27-9-13(7-20(27)31)16(25)10-29/h3-4,8,12-13,25,29H,1-2,5-7,9-10H2. The third-order valence-electron chi connectivity index (χ3n) is 6.01. The Morgan fingerprint density at radius 2 is 1.90 bits per heavy atom. The number of aliphatic hydroxyl groups is 1. The molecule has 4 rings (SSSR count). The molecule has 1 amide bonds. The summed E-state index contributed by atoms with van der Waals surface area (Å²) in [6, 6.07) is 1.65. The number of halogens is 3. The summed E-state index contributed by atoms with van der Waals surface area (Å²) in [6.45, 7) is 0.318. The zero-order valence-corrected chi connectivity index (χ0v) is 16.6. The lowest BCUT2D eigenvalue weighted by Gasteiger charge is -2.25. The normalized spacial score (nSPS) is 20.8. The summed E-state index contributed by atoms with van der Waals surface area (Å²) in [4.78, 5) is 26.8. The van der Waals surface area contributed by atoms with Crippen LogP contribution in [0.15, 0.2) is 18.3 Å². The maximum atomic E-state index is 13.5. The highest BCUT2D eigenvalue weighted by atomic mass is 19.2. The summed E-state index contributed by atoms with van der Waals surface area (Å²) in [5.41, 5.74) is 1.46. The number of hydrogen-bond acceptors (Lipinski definition) is 5. The average molecular weight is 434 g/mol. The molecule has 31 heavy (non-hydrogen) atoms. The number of nitrogens with one attached hydrogen (secondary N) is 1.